The van der Waals surface area contributed by atoms with Crippen LogP contribution in [0.2, 0.25) is 0 Å². The Morgan fingerprint density at radius 2 is 0.830 bits per heavy atom. The Balaban J connectivity index is 0.000000185. The zero-order valence-electron chi connectivity index (χ0n) is 23.2. The topological polar surface area (TPSA) is 264 Å². The normalized spacial score (nSPS) is 13.9. The third-order valence-corrected chi connectivity index (χ3v) is 40.8. The first-order chi connectivity index (χ1) is 21.9. The molecular weight excluding hydrogens is 744 g/mol. The molecule has 1 aromatic carbocycles. The van der Waals surface area contributed by atoms with Crippen LogP contribution >= 0.6 is 0 Å². The van der Waals surface area contributed by atoms with E-state index in [0.29, 0.717) is 0 Å². The van der Waals surface area contributed by atoms with Crippen LogP contribution in [0.15, 0.2) is 78.9 Å². The van der Waals surface area contributed by atoms with E-state index in [9.17, 15) is 33.7 Å². The molecule has 2 aliphatic heterocycles. The van der Waals surface area contributed by atoms with Crippen molar-refractivity contribution in [3.8, 4) is 5.75 Å². The van der Waals surface area contributed by atoms with Gasteiger partial charge in [-0.1, -0.05) is 0 Å². The Kier molecular flexibility index (Phi) is 9.05. The number of hydrogen-bond acceptors (Lipinski definition) is 11. The first-order valence-electron chi connectivity index (χ1n) is 12.6. The van der Waals surface area contributed by atoms with Gasteiger partial charge in [-0.05, 0) is 72.8 Å². The van der Waals surface area contributed by atoms with Crippen molar-refractivity contribution in [3.63, 3.8) is 0 Å². The van der Waals surface area contributed by atoms with E-state index in [1.165, 1.54) is 6.07 Å². The molecule has 16 nitrogen and oxygen atoms in total. The van der Waals surface area contributed by atoms with E-state index in [-0.39, 0.29) is 0 Å². The van der Waals surface area contributed by atoms with Crippen LogP contribution in [-0.2, 0) is 42.5 Å². The average molecular weight is 766 g/mol. The number of para-hydroxylation sites is 1. The Labute approximate surface area is 266 Å². The number of fused-ring (bicyclic) bond motifs is 8. The quantitative estimate of drug-likeness (QED) is 0.120. The fraction of sp³-hybridized carbons (Fsp3) is 0. The van der Waals surface area contributed by atoms with Crippen LogP contribution in [-0.4, -0.2) is 67.3 Å². The van der Waals surface area contributed by atoms with Gasteiger partial charge in [-0.3, -0.25) is 0 Å². The fourth-order valence-electron chi connectivity index (χ4n) is 4.17. The summed E-state index contributed by atoms with van der Waals surface area (Å²) in [5.41, 5.74) is 7.86. The first kappa shape index (κ1) is 34.2. The molecule has 0 atom stereocenters. The molecule has 5 heterocycles. The molecule has 0 fully saturated rings. The van der Waals surface area contributed by atoms with Gasteiger partial charge in [0.15, 0.2) is 0 Å². The SMILES string of the molecule is C1=Cc2cc3ccc(cc4nc(cc5ccc(cc1n2)[nH]5)C=C4)[nH]3.O=[S](=O)(O)[Mn]([S](=O)(=O)O)([S](=O)(=O)O)[S](=O)(=O)Oc1ccccc1. The van der Waals surface area contributed by atoms with Crippen molar-refractivity contribution in [2.75, 3.05) is 0 Å². The van der Waals surface area contributed by atoms with Gasteiger partial charge < -0.3 is 9.97 Å². The van der Waals surface area contributed by atoms with Gasteiger partial charge in [0.2, 0.25) is 0 Å². The number of aromatic amines is 2. The summed E-state index contributed by atoms with van der Waals surface area (Å²) in [5.74, 6) is -0.735. The third kappa shape index (κ3) is 7.07. The Hall–Kier alpha value is -4.18. The van der Waals surface area contributed by atoms with Crippen molar-refractivity contribution in [1.29, 1.82) is 0 Å². The zero-order valence-corrected chi connectivity index (χ0v) is 27.7. The molecule has 8 bridgehead atoms. The summed E-state index contributed by atoms with van der Waals surface area (Å²) in [6.45, 7) is 0. The number of H-pyrrole nitrogens is 2. The average Bonchev–Trinajstić information content (AvgIpc) is 3.73. The van der Waals surface area contributed by atoms with Crippen LogP contribution in [0, 0.1) is 0 Å². The van der Waals surface area contributed by atoms with Gasteiger partial charge in [-0.2, -0.15) is 0 Å². The maximum absolute atomic E-state index is 12.0. The maximum atomic E-state index is 12.0. The second-order valence-electron chi connectivity index (χ2n) is 9.31. The van der Waals surface area contributed by atoms with Crippen molar-refractivity contribution in [1.82, 2.24) is 19.9 Å². The number of nitrogens with zero attached hydrogens (tertiary/aromatic N) is 2. The van der Waals surface area contributed by atoms with Crippen LogP contribution in [0.1, 0.15) is 22.8 Å². The molecule has 0 amide bonds. The van der Waals surface area contributed by atoms with E-state index in [0.717, 1.165) is 69.1 Å². The molecule has 47 heavy (non-hydrogen) atoms. The van der Waals surface area contributed by atoms with Crippen molar-refractivity contribution >= 4 is 80.5 Å². The van der Waals surface area contributed by atoms with E-state index in [4.69, 9.17) is 13.7 Å². The minimum atomic E-state index is -7.50. The zero-order chi connectivity index (χ0) is 34.3. The van der Waals surface area contributed by atoms with Crippen LogP contribution in [0.4, 0.5) is 0 Å². The van der Waals surface area contributed by atoms with E-state index in [2.05, 4.69) is 48.4 Å². The van der Waals surface area contributed by atoms with Gasteiger partial charge in [0.05, 0.1) is 22.8 Å². The summed E-state index contributed by atoms with van der Waals surface area (Å²) in [6, 6.07) is 21.8. The summed E-state index contributed by atoms with van der Waals surface area (Å²) in [6.07, 6.45) is 8.09. The summed E-state index contributed by atoms with van der Waals surface area (Å²) in [7, 11) is -33.5. The van der Waals surface area contributed by atoms with Gasteiger partial charge in [0, 0.05) is 22.1 Å². The molecule has 0 spiro atoms. The van der Waals surface area contributed by atoms with Crippen LogP contribution in [0.3, 0.4) is 0 Å². The van der Waals surface area contributed by atoms with Crippen molar-refractivity contribution in [2.24, 2.45) is 0 Å². The van der Waals surface area contributed by atoms with Gasteiger partial charge in [0.25, 0.3) is 0 Å². The monoisotopic (exact) mass is 765 g/mol. The van der Waals surface area contributed by atoms with E-state index >= 15 is 0 Å². The molecule has 249 valence electrons. The molecule has 0 unspecified atom stereocenters. The Morgan fingerprint density at radius 3 is 1.13 bits per heavy atom. The van der Waals surface area contributed by atoms with Crippen LogP contribution in [0.25, 0.3) is 46.4 Å². The standard InChI is InChI=1S/C20H14N4.C6H5O3S.Mn.3HO3S/c1-2-14-10-16-5-6-18(23-16)12-20-8-7-19(24-20)11-17-4-3-15(22-17)9-13(1)21-14;7-10(8)9-6-4-2-1-3-5-6;;3*1-4(2)3/h1-12,21,24H;1-5H;;3*(H,1,2,3). The molecule has 0 radical (unpaired) electrons. The molecule has 3 aromatic heterocycles. The molecule has 2 aliphatic rings. The molecule has 5 N–H and O–H groups in total. The van der Waals surface area contributed by atoms with E-state index in [1.54, 1.807) is 0 Å². The van der Waals surface area contributed by atoms with Crippen molar-refractivity contribution < 1.29 is 59.9 Å². The van der Waals surface area contributed by atoms with Crippen molar-refractivity contribution in [3.05, 3.63) is 102 Å². The predicted molar refractivity (Wildman–Crippen MR) is 169 cm³/mol. The molecule has 0 saturated heterocycles. The Morgan fingerprint density at radius 1 is 0.511 bits per heavy atom. The fourth-order valence-corrected chi connectivity index (χ4v) is 27.7. The summed E-state index contributed by atoms with van der Waals surface area (Å²) in [5, 5.41) is 0. The van der Waals surface area contributed by atoms with Gasteiger partial charge in [0.1, 0.15) is 0 Å². The number of aromatic nitrogens is 4. The number of hydrogen-bond donors (Lipinski definition) is 5. The minimum absolute atomic E-state index is 0.735. The Bertz CT molecular complexity index is 2290. The van der Waals surface area contributed by atoms with E-state index in [1.807, 2.05) is 48.6 Å². The number of rotatable bonds is 6. The molecule has 6 rings (SSSR count). The van der Waals surface area contributed by atoms with E-state index < -0.39 is 48.3 Å². The van der Waals surface area contributed by atoms with Gasteiger partial charge >= 0.3 is 130 Å². The van der Waals surface area contributed by atoms with Crippen LogP contribution < -0.4 is 4.18 Å². The molecular formula is C26H22MnN4O12S4. The number of nitrogens with one attached hydrogen (secondary N) is 2. The molecule has 0 saturated carbocycles. The summed E-state index contributed by atoms with van der Waals surface area (Å²) < 4.78 is 122. The van der Waals surface area contributed by atoms with Gasteiger partial charge in [-0.25, -0.2) is 9.97 Å². The molecule has 4 aromatic rings. The third-order valence-electron chi connectivity index (χ3n) is 5.93. The second kappa shape index (κ2) is 12.4. The van der Waals surface area contributed by atoms with Gasteiger partial charge in [-0.15, -0.1) is 0 Å². The molecule has 0 aliphatic carbocycles. The summed E-state index contributed by atoms with van der Waals surface area (Å²) >= 11 is 0. The first-order valence-corrected chi connectivity index (χ1v) is 23.7. The van der Waals surface area contributed by atoms with Crippen molar-refractivity contribution in [2.45, 2.75) is 0 Å². The second-order valence-corrected chi connectivity index (χ2v) is 33.6. The van der Waals surface area contributed by atoms with Crippen LogP contribution in [0.5, 0.6) is 5.75 Å². The predicted octanol–water partition coefficient (Wildman–Crippen LogP) is 3.53. The molecule has 21 heteroatoms. The number of benzene rings is 1. The summed E-state index contributed by atoms with van der Waals surface area (Å²) in [4.78, 5) is 16.0.